The van der Waals surface area contributed by atoms with E-state index in [0.29, 0.717) is 16.9 Å². The number of rotatable bonds is 6. The highest BCUT2D eigenvalue weighted by Gasteiger charge is 2.47. The lowest BCUT2D eigenvalue weighted by molar-refractivity contribution is -0.274. The fourth-order valence-electron chi connectivity index (χ4n) is 4.17. The van der Waals surface area contributed by atoms with Crippen LogP contribution in [0.4, 0.5) is 18.9 Å². The van der Waals surface area contributed by atoms with Gasteiger partial charge in [0.1, 0.15) is 17.0 Å². The molecule has 0 bridgehead atoms. The average Bonchev–Trinajstić information content (AvgIpc) is 2.83. The van der Waals surface area contributed by atoms with Crippen molar-refractivity contribution in [1.29, 1.82) is 0 Å². The van der Waals surface area contributed by atoms with Crippen molar-refractivity contribution in [3.63, 3.8) is 0 Å². The van der Waals surface area contributed by atoms with Crippen molar-refractivity contribution in [3.8, 4) is 11.5 Å². The molecule has 0 aliphatic carbocycles. The van der Waals surface area contributed by atoms with E-state index >= 15 is 0 Å². The third-order valence-electron chi connectivity index (χ3n) is 5.91. The van der Waals surface area contributed by atoms with Crippen molar-refractivity contribution < 1.29 is 32.2 Å². The minimum absolute atomic E-state index is 0.223. The summed E-state index contributed by atoms with van der Waals surface area (Å²) in [5.41, 5.74) is 0.938. The number of fused-ring (bicyclic) bond motifs is 1. The van der Waals surface area contributed by atoms with Gasteiger partial charge in [-0.05, 0) is 60.5 Å². The number of nitrogens with one attached hydrogen (secondary N) is 1. The molecule has 182 valence electrons. The molecule has 0 spiro atoms. The SMILES string of the molecule is COc1ccc(CNC(=O)[C@@]2(C)Cc3ccccc3C(=O)N2c2ccc(OC(F)(F)F)cc2)cc1. The zero-order valence-corrected chi connectivity index (χ0v) is 19.1. The number of nitrogens with zero attached hydrogens (tertiary/aromatic N) is 1. The molecular formula is C26H23F3N2O4. The molecule has 1 aliphatic heterocycles. The highest BCUT2D eigenvalue weighted by atomic mass is 19.4. The Bertz CT molecular complexity index is 1230. The summed E-state index contributed by atoms with van der Waals surface area (Å²) in [4.78, 5) is 28.4. The number of anilines is 1. The molecule has 3 aromatic rings. The normalized spacial score (nSPS) is 17.5. The van der Waals surface area contributed by atoms with E-state index in [1.165, 1.54) is 17.0 Å². The largest absolute Gasteiger partial charge is 0.573 e. The average molecular weight is 484 g/mol. The first-order valence-corrected chi connectivity index (χ1v) is 10.8. The molecule has 35 heavy (non-hydrogen) atoms. The maximum Gasteiger partial charge on any atom is 0.573 e. The van der Waals surface area contributed by atoms with Crippen LogP contribution in [-0.2, 0) is 17.8 Å². The van der Waals surface area contributed by atoms with Gasteiger partial charge in [0.2, 0.25) is 5.91 Å². The molecule has 1 N–H and O–H groups in total. The van der Waals surface area contributed by atoms with Gasteiger partial charge in [0.15, 0.2) is 0 Å². The van der Waals surface area contributed by atoms with E-state index in [0.717, 1.165) is 17.7 Å². The van der Waals surface area contributed by atoms with Crippen LogP contribution in [0.15, 0.2) is 72.8 Å². The number of amides is 2. The van der Waals surface area contributed by atoms with Crippen LogP contribution in [0.2, 0.25) is 0 Å². The van der Waals surface area contributed by atoms with Crippen LogP contribution in [0.5, 0.6) is 11.5 Å². The zero-order valence-electron chi connectivity index (χ0n) is 19.1. The highest BCUT2D eigenvalue weighted by molar-refractivity contribution is 6.14. The molecule has 2 amide bonds. The second-order valence-corrected chi connectivity index (χ2v) is 8.32. The minimum Gasteiger partial charge on any atom is -0.497 e. The van der Waals surface area contributed by atoms with Gasteiger partial charge in [-0.15, -0.1) is 13.2 Å². The molecular weight excluding hydrogens is 461 g/mol. The van der Waals surface area contributed by atoms with Gasteiger partial charge in [-0.3, -0.25) is 14.5 Å². The van der Waals surface area contributed by atoms with Gasteiger partial charge in [0.25, 0.3) is 5.91 Å². The number of carbonyl (C=O) groups excluding carboxylic acids is 2. The number of alkyl halides is 3. The summed E-state index contributed by atoms with van der Waals surface area (Å²) in [5, 5.41) is 2.89. The second kappa shape index (κ2) is 9.32. The Balaban J connectivity index is 1.65. The van der Waals surface area contributed by atoms with E-state index in [4.69, 9.17) is 4.74 Å². The Labute approximate surface area is 200 Å². The summed E-state index contributed by atoms with van der Waals surface area (Å²) in [7, 11) is 1.56. The number of halogens is 3. The maximum absolute atomic E-state index is 13.5. The summed E-state index contributed by atoms with van der Waals surface area (Å²) in [6, 6.07) is 19.1. The molecule has 0 saturated carbocycles. The molecule has 3 aromatic carbocycles. The first kappa shape index (κ1) is 24.1. The predicted molar refractivity (Wildman–Crippen MR) is 123 cm³/mol. The van der Waals surface area contributed by atoms with Gasteiger partial charge in [-0.1, -0.05) is 30.3 Å². The number of ether oxygens (including phenoxy) is 2. The molecule has 0 saturated heterocycles. The molecule has 0 fully saturated rings. The van der Waals surface area contributed by atoms with Crippen molar-refractivity contribution in [1.82, 2.24) is 5.32 Å². The van der Waals surface area contributed by atoms with Crippen LogP contribution in [-0.4, -0.2) is 30.8 Å². The Morgan fingerprint density at radius 3 is 2.26 bits per heavy atom. The molecule has 0 aromatic heterocycles. The second-order valence-electron chi connectivity index (χ2n) is 8.32. The van der Waals surface area contributed by atoms with E-state index < -0.39 is 29.5 Å². The highest BCUT2D eigenvalue weighted by Crippen LogP contribution is 2.36. The van der Waals surface area contributed by atoms with Gasteiger partial charge < -0.3 is 14.8 Å². The first-order chi connectivity index (χ1) is 16.6. The monoisotopic (exact) mass is 484 g/mol. The van der Waals surface area contributed by atoms with Crippen molar-refractivity contribution in [2.75, 3.05) is 12.0 Å². The van der Waals surface area contributed by atoms with Crippen LogP contribution >= 0.6 is 0 Å². The number of hydrogen-bond donors (Lipinski definition) is 1. The van der Waals surface area contributed by atoms with Gasteiger partial charge >= 0.3 is 6.36 Å². The van der Waals surface area contributed by atoms with Gasteiger partial charge in [-0.25, -0.2) is 0 Å². The molecule has 0 radical (unpaired) electrons. The lowest BCUT2D eigenvalue weighted by Crippen LogP contribution is -2.63. The van der Waals surface area contributed by atoms with Crippen LogP contribution in [0.25, 0.3) is 0 Å². The van der Waals surface area contributed by atoms with Gasteiger partial charge in [0, 0.05) is 24.2 Å². The van der Waals surface area contributed by atoms with Crippen molar-refractivity contribution in [2.24, 2.45) is 0 Å². The Hall–Kier alpha value is -4.01. The Morgan fingerprint density at radius 2 is 1.63 bits per heavy atom. The van der Waals surface area contributed by atoms with Gasteiger partial charge in [0.05, 0.1) is 7.11 Å². The maximum atomic E-state index is 13.5. The first-order valence-electron chi connectivity index (χ1n) is 10.8. The third kappa shape index (κ3) is 5.08. The van der Waals surface area contributed by atoms with Crippen molar-refractivity contribution in [2.45, 2.75) is 31.8 Å². The molecule has 1 heterocycles. The van der Waals surface area contributed by atoms with Crippen LogP contribution < -0.4 is 19.7 Å². The summed E-state index contributed by atoms with van der Waals surface area (Å²) in [6.45, 7) is 1.87. The van der Waals surface area contributed by atoms with Crippen LogP contribution in [0, 0.1) is 0 Å². The third-order valence-corrected chi connectivity index (χ3v) is 5.91. The molecule has 4 rings (SSSR count). The fraction of sp³-hybridized carbons (Fsp3) is 0.231. The number of methoxy groups -OCH3 is 1. The molecule has 9 heteroatoms. The predicted octanol–water partition coefficient (Wildman–Crippen LogP) is 4.87. The van der Waals surface area contributed by atoms with Gasteiger partial charge in [-0.2, -0.15) is 0 Å². The van der Waals surface area contributed by atoms with Crippen molar-refractivity contribution in [3.05, 3.63) is 89.5 Å². The van der Waals surface area contributed by atoms with E-state index in [-0.39, 0.29) is 18.7 Å². The quantitative estimate of drug-likeness (QED) is 0.542. The molecule has 1 atom stereocenters. The Kier molecular flexibility index (Phi) is 6.43. The fourth-order valence-corrected chi connectivity index (χ4v) is 4.17. The zero-order chi connectivity index (χ0) is 25.2. The van der Waals surface area contributed by atoms with Crippen LogP contribution in [0.3, 0.4) is 0 Å². The molecule has 0 unspecified atom stereocenters. The molecule has 6 nitrogen and oxygen atoms in total. The summed E-state index contributed by atoms with van der Waals surface area (Å²) < 4.78 is 46.8. The smallest absolute Gasteiger partial charge is 0.497 e. The number of benzene rings is 3. The van der Waals surface area contributed by atoms with E-state index in [2.05, 4.69) is 10.1 Å². The van der Waals surface area contributed by atoms with Crippen molar-refractivity contribution >= 4 is 17.5 Å². The number of carbonyl (C=O) groups is 2. The lowest BCUT2D eigenvalue weighted by Gasteiger charge is -2.44. The topological polar surface area (TPSA) is 67.9 Å². The van der Waals surface area contributed by atoms with Crippen LogP contribution in [0.1, 0.15) is 28.4 Å². The van der Waals surface area contributed by atoms with E-state index in [1.807, 2.05) is 12.1 Å². The standard InChI is InChI=1S/C26H23F3N2O4/c1-25(24(33)30-16-17-7-11-20(34-2)12-8-17)15-18-5-3-4-6-22(18)23(32)31(25)19-9-13-21(14-10-19)35-26(27,28)29/h3-14H,15-16H2,1-2H3,(H,30,33)/t25-/m1/s1. The minimum atomic E-state index is -4.84. The summed E-state index contributed by atoms with van der Waals surface area (Å²) in [5.74, 6) is -0.548. The number of hydrogen-bond acceptors (Lipinski definition) is 4. The summed E-state index contributed by atoms with van der Waals surface area (Å²) >= 11 is 0. The summed E-state index contributed by atoms with van der Waals surface area (Å²) in [6.07, 6.45) is -4.61. The van der Waals surface area contributed by atoms with E-state index in [1.54, 1.807) is 50.4 Å². The van der Waals surface area contributed by atoms with E-state index in [9.17, 15) is 22.8 Å². The molecule has 1 aliphatic rings. The Morgan fingerprint density at radius 1 is 1.00 bits per heavy atom. The lowest BCUT2D eigenvalue weighted by atomic mass is 9.82.